The molecule has 1 aromatic rings. The van der Waals surface area contributed by atoms with E-state index in [4.69, 9.17) is 0 Å². The Morgan fingerprint density at radius 1 is 1.32 bits per heavy atom. The average molecular weight is 305 g/mol. The molecular formula is C16H27N5O. The van der Waals surface area contributed by atoms with Gasteiger partial charge in [-0.25, -0.2) is 4.98 Å². The zero-order chi connectivity index (χ0) is 15.4. The van der Waals surface area contributed by atoms with Gasteiger partial charge in [0.05, 0.1) is 0 Å². The van der Waals surface area contributed by atoms with Crippen molar-refractivity contribution in [3.8, 4) is 0 Å². The van der Waals surface area contributed by atoms with Crippen molar-refractivity contribution in [2.45, 2.75) is 51.4 Å². The van der Waals surface area contributed by atoms with Gasteiger partial charge in [0.1, 0.15) is 5.82 Å². The van der Waals surface area contributed by atoms with Crippen molar-refractivity contribution in [2.75, 3.05) is 26.2 Å². The van der Waals surface area contributed by atoms with E-state index in [1.807, 2.05) is 4.90 Å². The molecule has 122 valence electrons. The largest absolute Gasteiger partial charge is 0.343 e. The van der Waals surface area contributed by atoms with Gasteiger partial charge >= 0.3 is 0 Å². The highest BCUT2D eigenvalue weighted by Gasteiger charge is 2.26. The summed E-state index contributed by atoms with van der Waals surface area (Å²) in [5.41, 5.74) is 0. The van der Waals surface area contributed by atoms with E-state index < -0.39 is 0 Å². The fraction of sp³-hybridized carbons (Fsp3) is 0.812. The quantitative estimate of drug-likeness (QED) is 0.864. The highest BCUT2D eigenvalue weighted by atomic mass is 16.2. The number of aryl methyl sites for hydroxylation is 1. The van der Waals surface area contributed by atoms with Crippen molar-refractivity contribution in [3.63, 3.8) is 0 Å². The molecule has 0 aliphatic carbocycles. The molecule has 1 unspecified atom stereocenters. The van der Waals surface area contributed by atoms with Crippen LogP contribution in [0.2, 0.25) is 0 Å². The number of carbonyl (C=O) groups is 1. The molecule has 2 aliphatic rings. The van der Waals surface area contributed by atoms with Gasteiger partial charge in [-0.2, -0.15) is 5.10 Å². The van der Waals surface area contributed by atoms with Crippen molar-refractivity contribution >= 4 is 5.91 Å². The monoisotopic (exact) mass is 305 g/mol. The summed E-state index contributed by atoms with van der Waals surface area (Å²) in [6.45, 7) is 5.97. The molecule has 0 bridgehead atoms. The second-order valence-corrected chi connectivity index (χ2v) is 6.55. The van der Waals surface area contributed by atoms with E-state index in [0.717, 1.165) is 63.5 Å². The number of hydrogen-bond acceptors (Lipinski definition) is 4. The molecule has 3 heterocycles. The molecule has 0 spiro atoms. The van der Waals surface area contributed by atoms with E-state index in [2.05, 4.69) is 27.4 Å². The second-order valence-electron chi connectivity index (χ2n) is 6.55. The van der Waals surface area contributed by atoms with E-state index in [9.17, 15) is 4.79 Å². The minimum Gasteiger partial charge on any atom is -0.343 e. The molecule has 0 saturated carbocycles. The number of likely N-dealkylation sites (tertiary alicyclic amines) is 1. The van der Waals surface area contributed by atoms with Gasteiger partial charge in [-0.3, -0.25) is 9.89 Å². The van der Waals surface area contributed by atoms with E-state index >= 15 is 0 Å². The lowest BCUT2D eigenvalue weighted by Gasteiger charge is -2.31. The minimum atomic E-state index is 0.328. The lowest BCUT2D eigenvalue weighted by atomic mass is 9.95. The molecule has 1 aromatic heterocycles. The molecule has 2 fully saturated rings. The highest BCUT2D eigenvalue weighted by molar-refractivity contribution is 5.76. The fourth-order valence-electron chi connectivity index (χ4n) is 3.48. The first-order chi connectivity index (χ1) is 10.8. The van der Waals surface area contributed by atoms with Gasteiger partial charge < -0.3 is 10.2 Å². The van der Waals surface area contributed by atoms with Crippen LogP contribution in [0.4, 0.5) is 0 Å². The van der Waals surface area contributed by atoms with Gasteiger partial charge in [-0.1, -0.05) is 6.92 Å². The molecule has 0 radical (unpaired) electrons. The molecule has 1 atom stereocenters. The third kappa shape index (κ3) is 3.66. The summed E-state index contributed by atoms with van der Waals surface area (Å²) in [7, 11) is 0. The molecule has 2 N–H and O–H groups in total. The number of nitrogens with zero attached hydrogens (tertiary/aromatic N) is 3. The normalized spacial score (nSPS) is 23.1. The minimum absolute atomic E-state index is 0.328. The number of H-pyrrole nitrogens is 1. The second kappa shape index (κ2) is 7.22. The van der Waals surface area contributed by atoms with Crippen LogP contribution in [-0.2, 0) is 11.2 Å². The number of amides is 1. The van der Waals surface area contributed by atoms with Crippen molar-refractivity contribution in [3.05, 3.63) is 11.6 Å². The predicted molar refractivity (Wildman–Crippen MR) is 84.5 cm³/mol. The van der Waals surface area contributed by atoms with Gasteiger partial charge in [-0.15, -0.1) is 0 Å². The maximum atomic E-state index is 12.3. The predicted octanol–water partition coefficient (Wildman–Crippen LogP) is 1.46. The van der Waals surface area contributed by atoms with E-state index in [1.54, 1.807) is 0 Å². The number of hydrogen-bond donors (Lipinski definition) is 2. The van der Waals surface area contributed by atoms with Gasteiger partial charge in [0.2, 0.25) is 5.91 Å². The number of nitrogens with one attached hydrogen (secondary N) is 2. The van der Waals surface area contributed by atoms with Crippen LogP contribution in [0, 0.1) is 5.92 Å². The molecule has 6 nitrogen and oxygen atoms in total. The van der Waals surface area contributed by atoms with E-state index in [1.165, 1.54) is 6.42 Å². The molecule has 2 aliphatic heterocycles. The van der Waals surface area contributed by atoms with Crippen LogP contribution in [0.25, 0.3) is 0 Å². The molecule has 6 heteroatoms. The summed E-state index contributed by atoms with van der Waals surface area (Å²) in [6, 6.07) is 0. The number of aromatic amines is 1. The van der Waals surface area contributed by atoms with E-state index in [-0.39, 0.29) is 0 Å². The van der Waals surface area contributed by atoms with Gasteiger partial charge in [-0.05, 0) is 44.7 Å². The van der Waals surface area contributed by atoms with Crippen LogP contribution in [0.15, 0.2) is 0 Å². The first-order valence-electron chi connectivity index (χ1n) is 8.66. The van der Waals surface area contributed by atoms with E-state index in [0.29, 0.717) is 24.2 Å². The Balaban J connectivity index is 1.43. The summed E-state index contributed by atoms with van der Waals surface area (Å²) < 4.78 is 0. The first kappa shape index (κ1) is 15.5. The fourth-order valence-corrected chi connectivity index (χ4v) is 3.48. The SMILES string of the molecule is CCc1nc(C2CCN(C(=O)CCC3CCNC3)CC2)n[nH]1. The summed E-state index contributed by atoms with van der Waals surface area (Å²) in [6.07, 6.45) is 5.82. The molecule has 0 aromatic carbocycles. The van der Waals surface area contributed by atoms with Crippen molar-refractivity contribution in [1.29, 1.82) is 0 Å². The van der Waals surface area contributed by atoms with Gasteiger partial charge in [0.25, 0.3) is 0 Å². The Kier molecular flexibility index (Phi) is 5.08. The summed E-state index contributed by atoms with van der Waals surface area (Å²) in [5.74, 6) is 3.32. The van der Waals surface area contributed by atoms with Crippen LogP contribution in [0.1, 0.15) is 56.6 Å². The zero-order valence-electron chi connectivity index (χ0n) is 13.5. The zero-order valence-corrected chi connectivity index (χ0v) is 13.5. The third-order valence-corrected chi connectivity index (χ3v) is 5.03. The maximum absolute atomic E-state index is 12.3. The van der Waals surface area contributed by atoms with Crippen LogP contribution in [0.3, 0.4) is 0 Å². The van der Waals surface area contributed by atoms with Crippen molar-refractivity contribution in [2.24, 2.45) is 5.92 Å². The Hall–Kier alpha value is -1.43. The molecule has 22 heavy (non-hydrogen) atoms. The van der Waals surface area contributed by atoms with Gasteiger partial charge in [0.15, 0.2) is 5.82 Å². The van der Waals surface area contributed by atoms with Crippen LogP contribution >= 0.6 is 0 Å². The Morgan fingerprint density at radius 3 is 2.77 bits per heavy atom. The van der Waals surface area contributed by atoms with Crippen LogP contribution in [-0.4, -0.2) is 52.2 Å². The van der Waals surface area contributed by atoms with Crippen LogP contribution < -0.4 is 5.32 Å². The van der Waals surface area contributed by atoms with Gasteiger partial charge in [0, 0.05) is 31.8 Å². The molecule has 1 amide bonds. The number of carbonyl (C=O) groups excluding carboxylic acids is 1. The van der Waals surface area contributed by atoms with Crippen molar-refractivity contribution < 1.29 is 4.79 Å². The highest BCUT2D eigenvalue weighted by Crippen LogP contribution is 2.26. The smallest absolute Gasteiger partial charge is 0.222 e. The molecule has 3 rings (SSSR count). The maximum Gasteiger partial charge on any atom is 0.222 e. The average Bonchev–Trinajstić information content (AvgIpc) is 3.24. The summed E-state index contributed by atoms with van der Waals surface area (Å²) >= 11 is 0. The van der Waals surface area contributed by atoms with Crippen LogP contribution in [0.5, 0.6) is 0 Å². The summed E-state index contributed by atoms with van der Waals surface area (Å²) in [5, 5.41) is 10.7. The molecular weight excluding hydrogens is 278 g/mol. The number of aromatic nitrogens is 3. The lowest BCUT2D eigenvalue weighted by Crippen LogP contribution is -2.38. The molecule has 2 saturated heterocycles. The topological polar surface area (TPSA) is 73.9 Å². The number of rotatable bonds is 5. The number of piperidine rings is 1. The third-order valence-electron chi connectivity index (χ3n) is 5.03. The Morgan fingerprint density at radius 2 is 2.14 bits per heavy atom. The summed E-state index contributed by atoms with van der Waals surface area (Å²) in [4.78, 5) is 18.9. The Bertz CT molecular complexity index is 486. The standard InChI is InChI=1S/C16H27N5O/c1-2-14-18-16(20-19-14)13-6-9-21(10-7-13)15(22)4-3-12-5-8-17-11-12/h12-13,17H,2-11H2,1H3,(H,18,19,20). The lowest BCUT2D eigenvalue weighted by molar-refractivity contribution is -0.132. The van der Waals surface area contributed by atoms with Crippen molar-refractivity contribution in [1.82, 2.24) is 25.4 Å². The Labute approximate surface area is 132 Å². The first-order valence-corrected chi connectivity index (χ1v) is 8.66.